The smallest absolute Gasteiger partial charge is 0.257 e. The third-order valence-corrected chi connectivity index (χ3v) is 2.95. The predicted molar refractivity (Wildman–Crippen MR) is 70.9 cm³/mol. The third-order valence-electron chi connectivity index (χ3n) is 2.54. The minimum absolute atomic E-state index is 0.0434. The van der Waals surface area contributed by atoms with Gasteiger partial charge in [0.1, 0.15) is 5.75 Å². The second-order valence-corrected chi connectivity index (χ2v) is 4.65. The van der Waals surface area contributed by atoms with Crippen molar-refractivity contribution < 1.29 is 14.6 Å². The number of ether oxygens (including phenoxy) is 1. The summed E-state index contributed by atoms with van der Waals surface area (Å²) in [6.45, 7) is 4.12. The molecular formula is C13H18ClNO3. The van der Waals surface area contributed by atoms with Gasteiger partial charge in [0, 0.05) is 23.7 Å². The molecule has 0 saturated carbocycles. The maximum absolute atomic E-state index is 11.5. The van der Waals surface area contributed by atoms with E-state index in [9.17, 15) is 4.79 Å². The molecule has 0 fully saturated rings. The van der Waals surface area contributed by atoms with E-state index in [1.165, 1.54) is 0 Å². The number of hydrogen-bond donors (Lipinski definition) is 2. The van der Waals surface area contributed by atoms with Gasteiger partial charge in [0.15, 0.2) is 6.61 Å². The lowest BCUT2D eigenvalue weighted by Gasteiger charge is -2.12. The molecule has 1 rings (SSSR count). The molecule has 0 saturated heterocycles. The van der Waals surface area contributed by atoms with Crippen LogP contribution in [0.5, 0.6) is 5.75 Å². The summed E-state index contributed by atoms with van der Waals surface area (Å²) >= 11 is 5.94. The van der Waals surface area contributed by atoms with Crippen molar-refractivity contribution in [2.24, 2.45) is 5.92 Å². The fourth-order valence-corrected chi connectivity index (χ4v) is 1.46. The van der Waals surface area contributed by atoms with Crippen LogP contribution in [0.15, 0.2) is 18.2 Å². The molecule has 4 nitrogen and oxygen atoms in total. The first-order valence-corrected chi connectivity index (χ1v) is 6.18. The Labute approximate surface area is 112 Å². The van der Waals surface area contributed by atoms with Crippen molar-refractivity contribution in [1.29, 1.82) is 0 Å². The van der Waals surface area contributed by atoms with Gasteiger partial charge in [-0.05, 0) is 25.0 Å². The van der Waals surface area contributed by atoms with Crippen molar-refractivity contribution in [2.45, 2.75) is 13.8 Å². The molecule has 18 heavy (non-hydrogen) atoms. The number of amides is 1. The second-order valence-electron chi connectivity index (χ2n) is 4.24. The summed E-state index contributed by atoms with van der Waals surface area (Å²) in [5.74, 6) is 0.435. The average molecular weight is 272 g/mol. The van der Waals surface area contributed by atoms with Crippen LogP contribution in [0.3, 0.4) is 0 Å². The molecule has 2 N–H and O–H groups in total. The summed E-state index contributed by atoms with van der Waals surface area (Å²) in [5.41, 5.74) is 0.815. The Morgan fingerprint density at radius 2 is 2.28 bits per heavy atom. The second kappa shape index (κ2) is 7.24. The molecule has 0 aliphatic carbocycles. The highest BCUT2D eigenvalue weighted by molar-refractivity contribution is 6.31. The molecule has 0 aliphatic heterocycles. The Balaban J connectivity index is 2.41. The Bertz CT molecular complexity index is 409. The SMILES string of the molecule is Cc1c(Cl)cccc1OCC(=O)NCC(C)CO. The lowest BCUT2D eigenvalue weighted by molar-refractivity contribution is -0.123. The molecule has 5 heteroatoms. The summed E-state index contributed by atoms with van der Waals surface area (Å²) in [4.78, 5) is 11.5. The van der Waals surface area contributed by atoms with Crippen molar-refractivity contribution in [2.75, 3.05) is 19.8 Å². The Morgan fingerprint density at radius 3 is 2.94 bits per heavy atom. The van der Waals surface area contributed by atoms with E-state index in [0.29, 0.717) is 17.3 Å². The minimum Gasteiger partial charge on any atom is -0.483 e. The number of carbonyl (C=O) groups is 1. The van der Waals surface area contributed by atoms with Crippen LogP contribution in [0.1, 0.15) is 12.5 Å². The molecule has 1 unspecified atom stereocenters. The predicted octanol–water partition coefficient (Wildman–Crippen LogP) is 1.77. The third kappa shape index (κ3) is 4.55. The molecule has 0 aliphatic rings. The average Bonchev–Trinajstić information content (AvgIpc) is 2.37. The normalized spacial score (nSPS) is 12.0. The van der Waals surface area contributed by atoms with Gasteiger partial charge in [0.2, 0.25) is 0 Å². The molecule has 0 aromatic heterocycles. The van der Waals surface area contributed by atoms with E-state index in [0.717, 1.165) is 5.56 Å². The molecule has 0 radical (unpaired) electrons. The van der Waals surface area contributed by atoms with Crippen LogP contribution >= 0.6 is 11.6 Å². The molecule has 0 bridgehead atoms. The first-order valence-electron chi connectivity index (χ1n) is 5.80. The van der Waals surface area contributed by atoms with Crippen LogP contribution in [0.2, 0.25) is 5.02 Å². The monoisotopic (exact) mass is 271 g/mol. The molecular weight excluding hydrogens is 254 g/mol. The van der Waals surface area contributed by atoms with E-state index < -0.39 is 0 Å². The number of rotatable bonds is 6. The van der Waals surface area contributed by atoms with E-state index >= 15 is 0 Å². The fraction of sp³-hybridized carbons (Fsp3) is 0.462. The van der Waals surface area contributed by atoms with Gasteiger partial charge in [-0.2, -0.15) is 0 Å². The largest absolute Gasteiger partial charge is 0.483 e. The highest BCUT2D eigenvalue weighted by Gasteiger charge is 2.07. The van der Waals surface area contributed by atoms with E-state index in [1.54, 1.807) is 18.2 Å². The topological polar surface area (TPSA) is 58.6 Å². The van der Waals surface area contributed by atoms with Crippen LogP contribution in [-0.4, -0.2) is 30.8 Å². The van der Waals surface area contributed by atoms with Gasteiger partial charge in [0.25, 0.3) is 5.91 Å². The lowest BCUT2D eigenvalue weighted by atomic mass is 10.2. The van der Waals surface area contributed by atoms with Gasteiger partial charge >= 0.3 is 0 Å². The van der Waals surface area contributed by atoms with Crippen LogP contribution in [0, 0.1) is 12.8 Å². The zero-order valence-electron chi connectivity index (χ0n) is 10.6. The first kappa shape index (κ1) is 14.8. The quantitative estimate of drug-likeness (QED) is 0.829. The number of aliphatic hydroxyl groups excluding tert-OH is 1. The number of aliphatic hydroxyl groups is 1. The molecule has 100 valence electrons. The van der Waals surface area contributed by atoms with Gasteiger partial charge in [-0.25, -0.2) is 0 Å². The number of benzene rings is 1. The zero-order chi connectivity index (χ0) is 13.5. The number of nitrogens with one attached hydrogen (secondary N) is 1. The van der Waals surface area contributed by atoms with Gasteiger partial charge in [-0.3, -0.25) is 4.79 Å². The molecule has 1 atom stereocenters. The van der Waals surface area contributed by atoms with Crippen LogP contribution in [0.25, 0.3) is 0 Å². The van der Waals surface area contributed by atoms with E-state index in [1.807, 2.05) is 13.8 Å². The number of carbonyl (C=O) groups excluding carboxylic acids is 1. The van der Waals surface area contributed by atoms with Crippen molar-refractivity contribution >= 4 is 17.5 Å². The summed E-state index contributed by atoms with van der Waals surface area (Å²) < 4.78 is 5.39. The van der Waals surface area contributed by atoms with Crippen molar-refractivity contribution in [1.82, 2.24) is 5.32 Å². The lowest BCUT2D eigenvalue weighted by Crippen LogP contribution is -2.33. The molecule has 0 spiro atoms. The zero-order valence-corrected chi connectivity index (χ0v) is 11.3. The van der Waals surface area contributed by atoms with Crippen LogP contribution in [-0.2, 0) is 4.79 Å². The highest BCUT2D eigenvalue weighted by atomic mass is 35.5. The summed E-state index contributed by atoms with van der Waals surface area (Å²) in [7, 11) is 0. The fourth-order valence-electron chi connectivity index (χ4n) is 1.29. The van der Waals surface area contributed by atoms with Gasteiger partial charge in [-0.15, -0.1) is 0 Å². The minimum atomic E-state index is -0.213. The summed E-state index contributed by atoms with van der Waals surface area (Å²) in [6.07, 6.45) is 0. The van der Waals surface area contributed by atoms with Gasteiger partial charge in [-0.1, -0.05) is 24.6 Å². The Morgan fingerprint density at radius 1 is 1.56 bits per heavy atom. The van der Waals surface area contributed by atoms with Crippen molar-refractivity contribution in [3.8, 4) is 5.75 Å². The highest BCUT2D eigenvalue weighted by Crippen LogP contribution is 2.24. The van der Waals surface area contributed by atoms with Gasteiger partial charge in [0.05, 0.1) is 0 Å². The van der Waals surface area contributed by atoms with Crippen molar-refractivity contribution in [3.63, 3.8) is 0 Å². The first-order chi connectivity index (χ1) is 8.54. The molecule has 0 heterocycles. The number of hydrogen-bond acceptors (Lipinski definition) is 3. The molecule has 1 amide bonds. The van der Waals surface area contributed by atoms with Crippen LogP contribution in [0.4, 0.5) is 0 Å². The van der Waals surface area contributed by atoms with Crippen LogP contribution < -0.4 is 10.1 Å². The van der Waals surface area contributed by atoms with Gasteiger partial charge < -0.3 is 15.2 Å². The molecule has 1 aromatic rings. The summed E-state index contributed by atoms with van der Waals surface area (Å²) in [5, 5.41) is 12.1. The standard InChI is InChI=1S/C13H18ClNO3/c1-9(7-16)6-15-13(17)8-18-12-5-3-4-11(14)10(12)2/h3-5,9,16H,6-8H2,1-2H3,(H,15,17). The number of halogens is 1. The maximum atomic E-state index is 11.5. The Hall–Kier alpha value is -1.26. The van der Waals surface area contributed by atoms with E-state index in [-0.39, 0.29) is 25.0 Å². The van der Waals surface area contributed by atoms with E-state index in [2.05, 4.69) is 5.32 Å². The van der Waals surface area contributed by atoms with Crippen molar-refractivity contribution in [3.05, 3.63) is 28.8 Å². The van der Waals surface area contributed by atoms with E-state index in [4.69, 9.17) is 21.4 Å². The molecule has 1 aromatic carbocycles. The Kier molecular flexibility index (Phi) is 5.95. The summed E-state index contributed by atoms with van der Waals surface area (Å²) in [6, 6.07) is 5.31. The maximum Gasteiger partial charge on any atom is 0.257 e.